The molecule has 0 radical (unpaired) electrons. The summed E-state index contributed by atoms with van der Waals surface area (Å²) in [5, 5.41) is 2.42. The number of carbonyl (C=O) groups excluding carboxylic acids is 1. The van der Waals surface area contributed by atoms with Gasteiger partial charge in [-0.2, -0.15) is 0 Å². The van der Waals surface area contributed by atoms with Gasteiger partial charge in [0.2, 0.25) is 0 Å². The highest BCUT2D eigenvalue weighted by atomic mass is 19.1. The smallest absolute Gasteiger partial charge is 0.261 e. The van der Waals surface area contributed by atoms with Gasteiger partial charge in [-0.15, -0.1) is 0 Å². The number of hydrogen-bond acceptors (Lipinski definition) is 2. The zero-order chi connectivity index (χ0) is 14.0. The first-order chi connectivity index (χ1) is 8.99. The van der Waals surface area contributed by atoms with E-state index in [-0.39, 0.29) is 5.69 Å². The zero-order valence-electron chi connectivity index (χ0n) is 10.2. The minimum absolute atomic E-state index is 0.268. The molecule has 0 aromatic heterocycles. The first kappa shape index (κ1) is 13.0. The summed E-state index contributed by atoms with van der Waals surface area (Å²) in [6.07, 6.45) is 0. The fourth-order valence-electron chi connectivity index (χ4n) is 1.61. The molecule has 2 aromatic carbocycles. The van der Waals surface area contributed by atoms with Crippen LogP contribution in [0.15, 0.2) is 36.4 Å². The summed E-state index contributed by atoms with van der Waals surface area (Å²) in [6, 6.07) is 8.89. The van der Waals surface area contributed by atoms with E-state index < -0.39 is 23.1 Å². The Morgan fingerprint density at radius 1 is 1.11 bits per heavy atom. The molecule has 0 spiro atoms. The lowest BCUT2D eigenvalue weighted by molar-refractivity contribution is 0.101. The first-order valence-corrected chi connectivity index (χ1v) is 5.60. The predicted molar refractivity (Wildman–Crippen MR) is 69.9 cm³/mol. The van der Waals surface area contributed by atoms with Gasteiger partial charge >= 0.3 is 0 Å². The molecule has 0 saturated carbocycles. The molecule has 0 fully saturated rings. The van der Waals surface area contributed by atoms with E-state index in [1.54, 1.807) is 24.3 Å². The van der Waals surface area contributed by atoms with Crippen molar-refractivity contribution in [3.63, 3.8) is 0 Å². The lowest BCUT2D eigenvalue weighted by Crippen LogP contribution is -2.16. The molecule has 0 aliphatic heterocycles. The summed E-state index contributed by atoms with van der Waals surface area (Å²) in [5.41, 5.74) is 5.84. The molecule has 0 atom stereocenters. The molecule has 2 aromatic rings. The van der Waals surface area contributed by atoms with Gasteiger partial charge in [-0.3, -0.25) is 4.79 Å². The van der Waals surface area contributed by atoms with Crippen LogP contribution in [0.3, 0.4) is 0 Å². The molecule has 0 aliphatic carbocycles. The molecule has 19 heavy (non-hydrogen) atoms. The third-order valence-electron chi connectivity index (χ3n) is 2.66. The number of benzene rings is 2. The Bertz CT molecular complexity index is 624. The number of hydrogen-bond donors (Lipinski definition) is 2. The molecule has 0 bridgehead atoms. The van der Waals surface area contributed by atoms with Crippen LogP contribution < -0.4 is 11.1 Å². The van der Waals surface area contributed by atoms with Crippen LogP contribution in [0, 0.1) is 18.6 Å². The van der Waals surface area contributed by atoms with Crippen molar-refractivity contribution in [2.45, 2.75) is 6.92 Å². The van der Waals surface area contributed by atoms with Crippen LogP contribution in [0.1, 0.15) is 15.9 Å². The fraction of sp³-hybridized carbons (Fsp3) is 0.0714. The summed E-state index contributed by atoms with van der Waals surface area (Å²) < 4.78 is 27.1. The number of nitrogens with two attached hydrogens (primary N) is 1. The van der Waals surface area contributed by atoms with Gasteiger partial charge < -0.3 is 11.1 Å². The second-order valence-corrected chi connectivity index (χ2v) is 4.15. The number of rotatable bonds is 2. The van der Waals surface area contributed by atoms with Gasteiger partial charge in [0.25, 0.3) is 5.91 Å². The van der Waals surface area contributed by atoms with Crippen molar-refractivity contribution < 1.29 is 13.6 Å². The number of amides is 1. The third kappa shape index (κ3) is 2.70. The minimum atomic E-state index is -1.05. The monoisotopic (exact) mass is 262 g/mol. The van der Waals surface area contributed by atoms with Gasteiger partial charge in [0.05, 0.1) is 5.69 Å². The van der Waals surface area contributed by atoms with E-state index in [0.29, 0.717) is 5.69 Å². The molecule has 0 saturated heterocycles. The van der Waals surface area contributed by atoms with E-state index in [9.17, 15) is 13.6 Å². The van der Waals surface area contributed by atoms with Crippen LogP contribution in [0.2, 0.25) is 0 Å². The number of aryl methyl sites for hydroxylation is 1. The van der Waals surface area contributed by atoms with E-state index >= 15 is 0 Å². The number of halogens is 2. The van der Waals surface area contributed by atoms with E-state index in [4.69, 9.17) is 5.73 Å². The molecule has 3 nitrogen and oxygen atoms in total. The maximum Gasteiger partial charge on any atom is 0.261 e. The van der Waals surface area contributed by atoms with Gasteiger partial charge in [0.15, 0.2) is 5.82 Å². The lowest BCUT2D eigenvalue weighted by Gasteiger charge is -2.08. The highest BCUT2D eigenvalue weighted by Gasteiger charge is 2.19. The van der Waals surface area contributed by atoms with Crippen LogP contribution >= 0.6 is 0 Å². The highest BCUT2D eigenvalue weighted by molar-refractivity contribution is 6.05. The van der Waals surface area contributed by atoms with Crippen molar-refractivity contribution in [3.05, 3.63) is 59.2 Å². The molecule has 0 heterocycles. The SMILES string of the molecule is Cc1ccc(NC(=O)c2c(F)ccc(N)c2F)cc1. The standard InChI is InChI=1S/C14H12F2N2O/c1-8-2-4-9(5-3-8)18-14(19)12-10(15)6-7-11(17)13(12)16/h2-7H,17H2,1H3,(H,18,19). The van der Waals surface area contributed by atoms with Crippen LogP contribution in [-0.4, -0.2) is 5.91 Å². The van der Waals surface area contributed by atoms with E-state index in [1.165, 1.54) is 0 Å². The quantitative estimate of drug-likeness (QED) is 0.817. The van der Waals surface area contributed by atoms with Gasteiger partial charge in [-0.05, 0) is 31.2 Å². The highest BCUT2D eigenvalue weighted by Crippen LogP contribution is 2.20. The van der Waals surface area contributed by atoms with Gasteiger partial charge in [-0.1, -0.05) is 17.7 Å². The van der Waals surface area contributed by atoms with Crippen LogP contribution in [0.25, 0.3) is 0 Å². The van der Waals surface area contributed by atoms with Crippen LogP contribution in [0.4, 0.5) is 20.2 Å². The maximum atomic E-state index is 13.7. The fourth-order valence-corrected chi connectivity index (χ4v) is 1.61. The number of nitrogens with one attached hydrogen (secondary N) is 1. The molecule has 0 unspecified atom stereocenters. The Morgan fingerprint density at radius 2 is 1.74 bits per heavy atom. The van der Waals surface area contributed by atoms with Crippen molar-refractivity contribution in [1.29, 1.82) is 0 Å². The molecule has 0 aliphatic rings. The normalized spacial score (nSPS) is 10.3. The van der Waals surface area contributed by atoms with Gasteiger partial charge in [-0.25, -0.2) is 8.78 Å². The Morgan fingerprint density at radius 3 is 2.37 bits per heavy atom. The predicted octanol–water partition coefficient (Wildman–Crippen LogP) is 3.11. The zero-order valence-corrected chi connectivity index (χ0v) is 10.2. The molecular formula is C14H12F2N2O. The summed E-state index contributed by atoms with van der Waals surface area (Å²) in [4.78, 5) is 11.8. The second-order valence-electron chi connectivity index (χ2n) is 4.15. The molecule has 98 valence electrons. The second kappa shape index (κ2) is 5.06. The number of nitrogen functional groups attached to an aromatic ring is 1. The molecule has 2 rings (SSSR count). The van der Waals surface area contributed by atoms with Gasteiger partial charge in [0.1, 0.15) is 11.4 Å². The lowest BCUT2D eigenvalue weighted by atomic mass is 10.1. The Hall–Kier alpha value is -2.43. The van der Waals surface area contributed by atoms with E-state index in [0.717, 1.165) is 17.7 Å². The van der Waals surface area contributed by atoms with Crippen molar-refractivity contribution >= 4 is 17.3 Å². The summed E-state index contributed by atoms with van der Waals surface area (Å²) in [5.74, 6) is -2.87. The average molecular weight is 262 g/mol. The Labute approximate surface area is 109 Å². The van der Waals surface area contributed by atoms with Crippen molar-refractivity contribution in [2.75, 3.05) is 11.1 Å². The third-order valence-corrected chi connectivity index (χ3v) is 2.66. The molecule has 3 N–H and O–H groups in total. The maximum absolute atomic E-state index is 13.7. The van der Waals surface area contributed by atoms with Crippen LogP contribution in [-0.2, 0) is 0 Å². The topological polar surface area (TPSA) is 55.1 Å². The molecule has 5 heteroatoms. The van der Waals surface area contributed by atoms with Crippen molar-refractivity contribution in [3.8, 4) is 0 Å². The molecule has 1 amide bonds. The van der Waals surface area contributed by atoms with Crippen molar-refractivity contribution in [1.82, 2.24) is 0 Å². The van der Waals surface area contributed by atoms with Crippen LogP contribution in [0.5, 0.6) is 0 Å². The van der Waals surface area contributed by atoms with Crippen molar-refractivity contribution in [2.24, 2.45) is 0 Å². The minimum Gasteiger partial charge on any atom is -0.396 e. The summed E-state index contributed by atoms with van der Waals surface area (Å²) >= 11 is 0. The van der Waals surface area contributed by atoms with Gasteiger partial charge in [0, 0.05) is 5.69 Å². The Balaban J connectivity index is 2.30. The Kier molecular flexibility index (Phi) is 3.46. The number of anilines is 2. The largest absolute Gasteiger partial charge is 0.396 e. The molecular weight excluding hydrogens is 250 g/mol. The summed E-state index contributed by atoms with van der Waals surface area (Å²) in [7, 11) is 0. The summed E-state index contributed by atoms with van der Waals surface area (Å²) in [6.45, 7) is 1.89. The number of carbonyl (C=O) groups is 1. The van der Waals surface area contributed by atoms with E-state index in [1.807, 2.05) is 6.92 Å². The first-order valence-electron chi connectivity index (χ1n) is 5.60. The average Bonchev–Trinajstić information content (AvgIpc) is 2.37. The van der Waals surface area contributed by atoms with E-state index in [2.05, 4.69) is 5.32 Å².